The minimum Gasteiger partial charge on any atom is -0.496 e. The molecule has 1 aliphatic heterocycles. The highest BCUT2D eigenvalue weighted by Gasteiger charge is 2.37. The SMILES string of the molecule is COc1ccccc1Cc1noc(C2CN(C(=O)c3nc4ccccc4s3)C2)n1. The Morgan fingerprint density at radius 1 is 1.17 bits per heavy atom. The first-order chi connectivity index (χ1) is 14.2. The van der Waals surface area contributed by atoms with E-state index in [2.05, 4.69) is 15.1 Å². The zero-order chi connectivity index (χ0) is 19.8. The van der Waals surface area contributed by atoms with Crippen LogP contribution in [-0.2, 0) is 6.42 Å². The number of thiazole rings is 1. The van der Waals surface area contributed by atoms with E-state index in [4.69, 9.17) is 9.26 Å². The zero-order valence-corrected chi connectivity index (χ0v) is 16.6. The number of aromatic nitrogens is 3. The quantitative estimate of drug-likeness (QED) is 0.504. The van der Waals surface area contributed by atoms with Gasteiger partial charge in [-0.2, -0.15) is 4.98 Å². The molecule has 1 aliphatic rings. The number of amides is 1. The molecule has 0 atom stereocenters. The van der Waals surface area contributed by atoms with Crippen LogP contribution in [0.25, 0.3) is 10.2 Å². The predicted molar refractivity (Wildman–Crippen MR) is 108 cm³/mol. The fourth-order valence-electron chi connectivity index (χ4n) is 3.42. The molecule has 1 fully saturated rings. The van der Waals surface area contributed by atoms with Gasteiger partial charge in [0.2, 0.25) is 5.89 Å². The second-order valence-corrected chi connectivity index (χ2v) is 7.96. The third-order valence-corrected chi connectivity index (χ3v) is 6.04. The van der Waals surface area contributed by atoms with Crippen molar-refractivity contribution in [1.82, 2.24) is 20.0 Å². The Labute approximate surface area is 170 Å². The van der Waals surface area contributed by atoms with Crippen LogP contribution in [-0.4, -0.2) is 46.1 Å². The highest BCUT2D eigenvalue weighted by molar-refractivity contribution is 7.20. The summed E-state index contributed by atoms with van der Waals surface area (Å²) in [7, 11) is 1.64. The van der Waals surface area contributed by atoms with E-state index in [1.807, 2.05) is 48.5 Å². The van der Waals surface area contributed by atoms with Gasteiger partial charge in [0.1, 0.15) is 5.75 Å². The summed E-state index contributed by atoms with van der Waals surface area (Å²) >= 11 is 1.42. The molecule has 2 aromatic heterocycles. The summed E-state index contributed by atoms with van der Waals surface area (Å²) in [5.41, 5.74) is 1.86. The molecule has 0 spiro atoms. The maximum atomic E-state index is 12.7. The Balaban J connectivity index is 1.24. The molecule has 1 saturated heterocycles. The van der Waals surface area contributed by atoms with Crippen molar-refractivity contribution in [3.8, 4) is 5.75 Å². The molecule has 4 aromatic rings. The van der Waals surface area contributed by atoms with Crippen LogP contribution in [0.2, 0.25) is 0 Å². The molecule has 0 saturated carbocycles. The summed E-state index contributed by atoms with van der Waals surface area (Å²) in [5.74, 6) is 2.00. The van der Waals surface area contributed by atoms with Crippen molar-refractivity contribution in [1.29, 1.82) is 0 Å². The smallest absolute Gasteiger partial charge is 0.282 e. The van der Waals surface area contributed by atoms with Gasteiger partial charge in [-0.3, -0.25) is 4.79 Å². The van der Waals surface area contributed by atoms with Crippen LogP contribution in [0, 0.1) is 0 Å². The molecule has 1 amide bonds. The van der Waals surface area contributed by atoms with Gasteiger partial charge in [0.15, 0.2) is 10.8 Å². The average Bonchev–Trinajstić information content (AvgIpc) is 3.34. The summed E-state index contributed by atoms with van der Waals surface area (Å²) in [6.45, 7) is 1.12. The number of benzene rings is 2. The number of hydrogen-bond acceptors (Lipinski definition) is 7. The molecule has 146 valence electrons. The first-order valence-corrected chi connectivity index (χ1v) is 10.1. The molecular formula is C21H18N4O3S. The number of methoxy groups -OCH3 is 1. The number of likely N-dealkylation sites (tertiary alicyclic amines) is 1. The van der Waals surface area contributed by atoms with Crippen LogP contribution in [0.4, 0.5) is 0 Å². The Bertz CT molecular complexity index is 1150. The Morgan fingerprint density at radius 3 is 2.79 bits per heavy atom. The van der Waals surface area contributed by atoms with Crippen molar-refractivity contribution >= 4 is 27.5 Å². The molecule has 29 heavy (non-hydrogen) atoms. The highest BCUT2D eigenvalue weighted by Crippen LogP contribution is 2.30. The molecule has 0 unspecified atom stereocenters. The van der Waals surface area contributed by atoms with Crippen LogP contribution in [0.15, 0.2) is 53.1 Å². The number of rotatable bonds is 5. The van der Waals surface area contributed by atoms with E-state index in [9.17, 15) is 4.79 Å². The molecule has 2 aromatic carbocycles. The van der Waals surface area contributed by atoms with Gasteiger partial charge < -0.3 is 14.2 Å². The summed E-state index contributed by atoms with van der Waals surface area (Å²) < 4.78 is 11.8. The number of carbonyl (C=O) groups is 1. The number of nitrogens with zero attached hydrogens (tertiary/aromatic N) is 4. The molecule has 0 bridgehead atoms. The maximum Gasteiger partial charge on any atom is 0.282 e. The second kappa shape index (κ2) is 7.29. The Hall–Kier alpha value is -3.26. The van der Waals surface area contributed by atoms with Crippen molar-refractivity contribution in [2.24, 2.45) is 0 Å². The summed E-state index contributed by atoms with van der Waals surface area (Å²) in [6.07, 6.45) is 0.536. The van der Waals surface area contributed by atoms with Gasteiger partial charge in [-0.25, -0.2) is 4.98 Å². The van der Waals surface area contributed by atoms with E-state index in [1.54, 1.807) is 12.0 Å². The topological polar surface area (TPSA) is 81.4 Å². The fraction of sp³-hybridized carbons (Fsp3) is 0.238. The fourth-order valence-corrected chi connectivity index (χ4v) is 4.36. The Morgan fingerprint density at radius 2 is 1.97 bits per heavy atom. The number of ether oxygens (including phenoxy) is 1. The maximum absolute atomic E-state index is 12.7. The minimum atomic E-state index is -0.0452. The number of fused-ring (bicyclic) bond motifs is 1. The molecule has 3 heterocycles. The van der Waals surface area contributed by atoms with Crippen molar-refractivity contribution in [2.45, 2.75) is 12.3 Å². The van der Waals surface area contributed by atoms with E-state index in [-0.39, 0.29) is 11.8 Å². The number of para-hydroxylation sites is 2. The van der Waals surface area contributed by atoms with Gasteiger partial charge in [-0.15, -0.1) is 11.3 Å². The normalized spacial score (nSPS) is 14.2. The molecule has 5 rings (SSSR count). The van der Waals surface area contributed by atoms with Gasteiger partial charge in [-0.1, -0.05) is 35.5 Å². The molecule has 0 aliphatic carbocycles. The van der Waals surface area contributed by atoms with Crippen LogP contribution >= 0.6 is 11.3 Å². The molecule has 8 heteroatoms. The van der Waals surface area contributed by atoms with Gasteiger partial charge >= 0.3 is 0 Å². The van der Waals surface area contributed by atoms with Crippen molar-refractivity contribution in [3.05, 3.63) is 70.8 Å². The molecular weight excluding hydrogens is 388 g/mol. The van der Waals surface area contributed by atoms with E-state index in [0.717, 1.165) is 21.5 Å². The molecule has 0 radical (unpaired) electrons. The van der Waals surface area contributed by atoms with E-state index >= 15 is 0 Å². The van der Waals surface area contributed by atoms with E-state index in [1.165, 1.54) is 11.3 Å². The average molecular weight is 406 g/mol. The largest absolute Gasteiger partial charge is 0.496 e. The third-order valence-electron chi connectivity index (χ3n) is 5.02. The van der Waals surface area contributed by atoms with E-state index in [0.29, 0.717) is 36.2 Å². The van der Waals surface area contributed by atoms with Crippen LogP contribution in [0.3, 0.4) is 0 Å². The molecule has 0 N–H and O–H groups in total. The van der Waals surface area contributed by atoms with Gasteiger partial charge in [0.05, 0.1) is 23.2 Å². The van der Waals surface area contributed by atoms with Gasteiger partial charge in [-0.05, 0) is 18.2 Å². The zero-order valence-electron chi connectivity index (χ0n) is 15.7. The second-order valence-electron chi connectivity index (χ2n) is 6.93. The van der Waals surface area contributed by atoms with E-state index < -0.39 is 0 Å². The first-order valence-electron chi connectivity index (χ1n) is 9.30. The summed E-state index contributed by atoms with van der Waals surface area (Å²) in [4.78, 5) is 23.4. The van der Waals surface area contributed by atoms with Crippen LogP contribution in [0.1, 0.15) is 33.0 Å². The van der Waals surface area contributed by atoms with Crippen molar-refractivity contribution in [2.75, 3.05) is 20.2 Å². The summed E-state index contributed by atoms with van der Waals surface area (Å²) in [5, 5.41) is 4.61. The lowest BCUT2D eigenvalue weighted by Gasteiger charge is -2.36. The number of carbonyl (C=O) groups excluding carboxylic acids is 1. The highest BCUT2D eigenvalue weighted by atomic mass is 32.1. The molecule has 7 nitrogen and oxygen atoms in total. The van der Waals surface area contributed by atoms with Crippen LogP contribution in [0.5, 0.6) is 5.75 Å². The third kappa shape index (κ3) is 3.36. The van der Waals surface area contributed by atoms with Crippen molar-refractivity contribution < 1.29 is 14.1 Å². The van der Waals surface area contributed by atoms with Gasteiger partial charge in [0, 0.05) is 25.1 Å². The monoisotopic (exact) mass is 406 g/mol. The van der Waals surface area contributed by atoms with Crippen LogP contribution < -0.4 is 4.74 Å². The summed E-state index contributed by atoms with van der Waals surface area (Å²) in [6, 6.07) is 15.5. The van der Waals surface area contributed by atoms with Crippen molar-refractivity contribution in [3.63, 3.8) is 0 Å². The first kappa shape index (κ1) is 17.8. The standard InChI is InChI=1S/C21H18N4O3S/c1-27-16-8-4-2-6-13(16)10-18-23-19(28-24-18)14-11-25(12-14)21(26)20-22-15-7-3-5-9-17(15)29-20/h2-9,14H,10-12H2,1H3. The lowest BCUT2D eigenvalue weighted by atomic mass is 10.00. The minimum absolute atomic E-state index is 0.0452. The Kier molecular flexibility index (Phi) is 4.48. The predicted octanol–water partition coefficient (Wildman–Crippen LogP) is 3.52. The van der Waals surface area contributed by atoms with Gasteiger partial charge in [0.25, 0.3) is 5.91 Å². The lowest BCUT2D eigenvalue weighted by Crippen LogP contribution is -2.48. The lowest BCUT2D eigenvalue weighted by molar-refractivity contribution is 0.0569. The number of hydrogen-bond donors (Lipinski definition) is 0.